The first kappa shape index (κ1) is 19.4. The predicted octanol–water partition coefficient (Wildman–Crippen LogP) is 5.22. The zero-order chi connectivity index (χ0) is 20.2. The molecular weight excluding hydrogens is 408 g/mol. The van der Waals surface area contributed by atoms with Crippen LogP contribution in [0.25, 0.3) is 16.2 Å². The monoisotopic (exact) mass is 426 g/mol. The van der Waals surface area contributed by atoms with Gasteiger partial charge in [-0.05, 0) is 37.1 Å². The Balaban J connectivity index is 1.34. The fourth-order valence-electron chi connectivity index (χ4n) is 2.87. The van der Waals surface area contributed by atoms with E-state index in [2.05, 4.69) is 15.4 Å². The van der Waals surface area contributed by atoms with E-state index >= 15 is 0 Å². The average Bonchev–Trinajstić information content (AvgIpc) is 3.27. The van der Waals surface area contributed by atoms with Crippen molar-refractivity contribution in [2.75, 3.05) is 11.9 Å². The topological polar surface area (TPSA) is 68.5 Å². The van der Waals surface area contributed by atoms with Gasteiger partial charge in [-0.2, -0.15) is 4.98 Å². The van der Waals surface area contributed by atoms with E-state index in [0.29, 0.717) is 35.4 Å². The Morgan fingerprint density at radius 3 is 2.79 bits per heavy atom. The number of rotatable bonds is 7. The molecule has 0 aliphatic heterocycles. The van der Waals surface area contributed by atoms with Crippen LogP contribution in [0.5, 0.6) is 5.75 Å². The number of carbonyl (C=O) groups excluding carboxylic acids is 1. The van der Waals surface area contributed by atoms with Gasteiger partial charge in [0.25, 0.3) is 0 Å². The number of aryl methyl sites for hydroxylation is 1. The minimum absolute atomic E-state index is 0.135. The summed E-state index contributed by atoms with van der Waals surface area (Å²) in [6.45, 7) is 2.47. The van der Waals surface area contributed by atoms with Crippen LogP contribution in [0.15, 0.2) is 53.9 Å². The van der Waals surface area contributed by atoms with Gasteiger partial charge in [-0.15, -0.1) is 16.4 Å². The molecule has 0 bridgehead atoms. The number of benzene rings is 2. The molecule has 0 saturated carbocycles. The number of amides is 1. The Labute approximate surface area is 177 Å². The smallest absolute Gasteiger partial charge is 0.250 e. The number of nitrogens with one attached hydrogen (secondary N) is 1. The maximum Gasteiger partial charge on any atom is 0.250 e. The van der Waals surface area contributed by atoms with Gasteiger partial charge >= 0.3 is 0 Å². The SMILES string of the molecule is Cc1ccccc1OCCCC(=O)Nc1nc2scc(-c3ccc(Cl)cc3)n2n1. The number of aromatic nitrogens is 3. The van der Waals surface area contributed by atoms with E-state index in [1.165, 1.54) is 11.3 Å². The van der Waals surface area contributed by atoms with Gasteiger partial charge in [0.2, 0.25) is 16.8 Å². The van der Waals surface area contributed by atoms with Crippen molar-refractivity contribution in [3.63, 3.8) is 0 Å². The van der Waals surface area contributed by atoms with Crippen molar-refractivity contribution in [3.05, 3.63) is 64.5 Å². The van der Waals surface area contributed by atoms with Crippen LogP contribution >= 0.6 is 22.9 Å². The summed E-state index contributed by atoms with van der Waals surface area (Å²) < 4.78 is 7.45. The fraction of sp³-hybridized carbons (Fsp3) is 0.190. The number of para-hydroxylation sites is 1. The summed E-state index contributed by atoms with van der Waals surface area (Å²) in [7, 11) is 0. The first-order valence-corrected chi connectivity index (χ1v) is 10.4. The maximum absolute atomic E-state index is 12.2. The molecule has 0 aliphatic carbocycles. The van der Waals surface area contributed by atoms with Crippen LogP contribution in [0.1, 0.15) is 18.4 Å². The molecule has 4 aromatic rings. The second-order valence-electron chi connectivity index (χ2n) is 6.52. The normalized spacial score (nSPS) is 11.0. The number of carbonyl (C=O) groups is 1. The maximum atomic E-state index is 12.2. The van der Waals surface area contributed by atoms with Gasteiger partial charge in [-0.1, -0.05) is 41.9 Å². The molecule has 0 fully saturated rings. The highest BCUT2D eigenvalue weighted by Crippen LogP contribution is 2.27. The molecule has 0 spiro atoms. The Bertz CT molecular complexity index is 1140. The lowest BCUT2D eigenvalue weighted by Crippen LogP contribution is -2.14. The number of ether oxygens (including phenoxy) is 1. The predicted molar refractivity (Wildman–Crippen MR) is 116 cm³/mol. The second kappa shape index (κ2) is 8.63. The van der Waals surface area contributed by atoms with E-state index in [-0.39, 0.29) is 5.91 Å². The summed E-state index contributed by atoms with van der Waals surface area (Å²) in [5.41, 5.74) is 2.97. The molecular formula is C21H19ClN4O2S. The standard InChI is InChI=1S/C21H19ClN4O2S/c1-14-5-2-3-6-18(14)28-12-4-7-19(27)23-20-24-21-26(25-20)17(13-29-21)15-8-10-16(22)11-9-15/h2-3,5-6,8-11,13H,4,7,12H2,1H3,(H,23,25,27). The number of hydrogen-bond donors (Lipinski definition) is 1. The van der Waals surface area contributed by atoms with Crippen molar-refractivity contribution >= 4 is 39.8 Å². The van der Waals surface area contributed by atoms with Gasteiger partial charge in [0.15, 0.2) is 0 Å². The molecule has 1 N–H and O–H groups in total. The van der Waals surface area contributed by atoms with Crippen molar-refractivity contribution in [2.24, 2.45) is 0 Å². The van der Waals surface area contributed by atoms with Crippen molar-refractivity contribution < 1.29 is 9.53 Å². The van der Waals surface area contributed by atoms with Crippen LogP contribution in [0.2, 0.25) is 5.02 Å². The molecule has 29 heavy (non-hydrogen) atoms. The lowest BCUT2D eigenvalue weighted by Gasteiger charge is -2.08. The summed E-state index contributed by atoms with van der Waals surface area (Å²) in [5.74, 6) is 1.01. The van der Waals surface area contributed by atoms with E-state index in [4.69, 9.17) is 16.3 Å². The van der Waals surface area contributed by atoms with Crippen LogP contribution in [0.4, 0.5) is 5.95 Å². The summed E-state index contributed by atoms with van der Waals surface area (Å²) >= 11 is 7.43. The minimum Gasteiger partial charge on any atom is -0.493 e. The van der Waals surface area contributed by atoms with E-state index in [0.717, 1.165) is 22.6 Å². The van der Waals surface area contributed by atoms with Crippen molar-refractivity contribution in [1.82, 2.24) is 14.6 Å². The first-order valence-electron chi connectivity index (χ1n) is 9.18. The van der Waals surface area contributed by atoms with Gasteiger partial charge in [0.05, 0.1) is 12.3 Å². The molecule has 8 heteroatoms. The third-order valence-corrected chi connectivity index (χ3v) is 5.44. The lowest BCUT2D eigenvalue weighted by molar-refractivity contribution is -0.116. The first-order chi connectivity index (χ1) is 14.1. The van der Waals surface area contributed by atoms with Crippen LogP contribution in [-0.2, 0) is 4.79 Å². The molecule has 2 aromatic heterocycles. The number of fused-ring (bicyclic) bond motifs is 1. The van der Waals surface area contributed by atoms with E-state index < -0.39 is 0 Å². The van der Waals surface area contributed by atoms with Gasteiger partial charge in [0.1, 0.15) is 5.75 Å². The van der Waals surface area contributed by atoms with E-state index in [1.54, 1.807) is 4.52 Å². The van der Waals surface area contributed by atoms with Crippen LogP contribution in [0, 0.1) is 6.92 Å². The molecule has 2 aromatic carbocycles. The molecule has 0 aliphatic rings. The fourth-order valence-corrected chi connectivity index (χ4v) is 3.83. The largest absolute Gasteiger partial charge is 0.493 e. The molecule has 2 heterocycles. The summed E-state index contributed by atoms with van der Waals surface area (Å²) in [4.78, 5) is 17.3. The Kier molecular flexibility index (Phi) is 5.78. The average molecular weight is 427 g/mol. The Morgan fingerprint density at radius 1 is 1.21 bits per heavy atom. The molecule has 0 saturated heterocycles. The van der Waals surface area contributed by atoms with Crippen LogP contribution in [-0.4, -0.2) is 27.1 Å². The minimum atomic E-state index is -0.135. The Hall–Kier alpha value is -2.90. The highest BCUT2D eigenvalue weighted by Gasteiger charge is 2.13. The molecule has 6 nitrogen and oxygen atoms in total. The number of halogens is 1. The van der Waals surface area contributed by atoms with Gasteiger partial charge in [-0.3, -0.25) is 10.1 Å². The zero-order valence-electron chi connectivity index (χ0n) is 15.8. The quantitative estimate of drug-likeness (QED) is 0.411. The third-order valence-electron chi connectivity index (χ3n) is 4.37. The summed E-state index contributed by atoms with van der Waals surface area (Å²) in [5, 5.41) is 9.84. The van der Waals surface area contributed by atoms with Crippen LogP contribution < -0.4 is 10.1 Å². The van der Waals surface area contributed by atoms with Crippen molar-refractivity contribution in [3.8, 4) is 17.0 Å². The van der Waals surface area contributed by atoms with Gasteiger partial charge < -0.3 is 4.74 Å². The molecule has 1 amide bonds. The highest BCUT2D eigenvalue weighted by molar-refractivity contribution is 7.15. The molecule has 4 rings (SSSR count). The third kappa shape index (κ3) is 4.58. The zero-order valence-corrected chi connectivity index (χ0v) is 17.3. The molecule has 0 radical (unpaired) electrons. The molecule has 0 unspecified atom stereocenters. The van der Waals surface area contributed by atoms with Gasteiger partial charge in [-0.25, -0.2) is 4.52 Å². The molecule has 148 valence electrons. The Morgan fingerprint density at radius 2 is 2.00 bits per heavy atom. The molecule has 0 atom stereocenters. The second-order valence-corrected chi connectivity index (χ2v) is 7.80. The summed E-state index contributed by atoms with van der Waals surface area (Å²) in [6.07, 6.45) is 0.946. The number of anilines is 1. The summed E-state index contributed by atoms with van der Waals surface area (Å²) in [6, 6.07) is 15.3. The highest BCUT2D eigenvalue weighted by atomic mass is 35.5. The van der Waals surface area contributed by atoms with E-state index in [1.807, 2.05) is 60.8 Å². The number of nitrogens with zero attached hydrogens (tertiary/aromatic N) is 3. The van der Waals surface area contributed by atoms with Crippen LogP contribution in [0.3, 0.4) is 0 Å². The van der Waals surface area contributed by atoms with Gasteiger partial charge in [0, 0.05) is 22.4 Å². The number of thiazole rings is 1. The lowest BCUT2D eigenvalue weighted by atomic mass is 10.2. The van der Waals surface area contributed by atoms with E-state index in [9.17, 15) is 4.79 Å². The van der Waals surface area contributed by atoms with Crippen molar-refractivity contribution in [1.29, 1.82) is 0 Å². The number of hydrogen-bond acceptors (Lipinski definition) is 5. The van der Waals surface area contributed by atoms with Crippen molar-refractivity contribution in [2.45, 2.75) is 19.8 Å².